The van der Waals surface area contributed by atoms with Crippen LogP contribution in [0.25, 0.3) is 16.9 Å². The molecule has 29 heavy (non-hydrogen) atoms. The lowest BCUT2D eigenvalue weighted by Crippen LogP contribution is -2.15. The van der Waals surface area contributed by atoms with E-state index in [0.29, 0.717) is 41.9 Å². The summed E-state index contributed by atoms with van der Waals surface area (Å²) in [6.07, 6.45) is 1.95. The van der Waals surface area contributed by atoms with Crippen LogP contribution in [0, 0.1) is 18.6 Å². The third kappa shape index (κ3) is 2.93. The molecule has 0 aliphatic carbocycles. The largest absolute Gasteiger partial charge is 0.486 e. The van der Waals surface area contributed by atoms with Gasteiger partial charge in [0.1, 0.15) is 30.4 Å². The molecule has 1 aliphatic heterocycles. The van der Waals surface area contributed by atoms with Gasteiger partial charge in [0.2, 0.25) is 0 Å². The number of nitrogens with one attached hydrogen (secondary N) is 1. The number of fused-ring (bicyclic) bond motifs is 2. The van der Waals surface area contributed by atoms with Crippen molar-refractivity contribution in [2.45, 2.75) is 6.92 Å². The molecule has 0 bridgehead atoms. The highest BCUT2D eigenvalue weighted by molar-refractivity contribution is 5.81. The first-order valence-corrected chi connectivity index (χ1v) is 9.06. The molecule has 0 radical (unpaired) electrons. The van der Waals surface area contributed by atoms with Crippen molar-refractivity contribution in [3.05, 3.63) is 66.1 Å². The highest BCUT2D eigenvalue weighted by atomic mass is 19.1. The van der Waals surface area contributed by atoms with Crippen LogP contribution in [0.5, 0.6) is 11.5 Å². The first-order chi connectivity index (χ1) is 14.1. The smallest absolute Gasteiger partial charge is 0.163 e. The molecule has 146 valence electrons. The molecule has 1 N–H and O–H groups in total. The lowest BCUT2D eigenvalue weighted by molar-refractivity contribution is 0.171. The Balaban J connectivity index is 1.70. The van der Waals surface area contributed by atoms with Crippen LogP contribution in [-0.2, 0) is 0 Å². The van der Waals surface area contributed by atoms with Crippen molar-refractivity contribution in [1.29, 1.82) is 0 Å². The molecule has 4 heterocycles. The minimum Gasteiger partial charge on any atom is -0.486 e. The Morgan fingerprint density at radius 3 is 2.55 bits per heavy atom. The number of anilines is 2. The molecule has 8 heteroatoms. The van der Waals surface area contributed by atoms with E-state index in [4.69, 9.17) is 9.47 Å². The molecule has 0 unspecified atom stereocenters. The Labute approximate surface area is 164 Å². The molecule has 0 atom stereocenters. The molecule has 0 saturated carbocycles. The highest BCUT2D eigenvalue weighted by Crippen LogP contribution is 2.37. The van der Waals surface area contributed by atoms with E-state index in [-0.39, 0.29) is 11.3 Å². The van der Waals surface area contributed by atoms with Crippen molar-refractivity contribution in [3.63, 3.8) is 0 Å². The maximum absolute atomic E-state index is 14.5. The van der Waals surface area contributed by atoms with Crippen molar-refractivity contribution in [1.82, 2.24) is 14.4 Å². The predicted octanol–water partition coefficient (Wildman–Crippen LogP) is 4.50. The maximum atomic E-state index is 14.5. The Kier molecular flexibility index (Phi) is 4.04. The molecule has 0 amide bonds. The summed E-state index contributed by atoms with van der Waals surface area (Å²) in [5.41, 5.74) is 2.02. The molecule has 0 spiro atoms. The Bertz CT molecular complexity index is 1220. The minimum atomic E-state index is -0.781. The van der Waals surface area contributed by atoms with Gasteiger partial charge in [-0.1, -0.05) is 6.07 Å². The van der Waals surface area contributed by atoms with Crippen LogP contribution in [0.2, 0.25) is 0 Å². The minimum absolute atomic E-state index is 0.159. The van der Waals surface area contributed by atoms with Crippen molar-refractivity contribution >= 4 is 17.2 Å². The van der Waals surface area contributed by atoms with Crippen LogP contribution >= 0.6 is 0 Å². The Morgan fingerprint density at radius 2 is 1.76 bits per heavy atom. The molecule has 6 nitrogen and oxygen atoms in total. The number of hydrogen-bond donors (Lipinski definition) is 1. The number of pyridine rings is 2. The van der Waals surface area contributed by atoms with Gasteiger partial charge in [0, 0.05) is 17.4 Å². The van der Waals surface area contributed by atoms with E-state index in [1.807, 2.05) is 29.5 Å². The lowest BCUT2D eigenvalue weighted by Gasteiger charge is -2.19. The summed E-state index contributed by atoms with van der Waals surface area (Å²) in [6.45, 7) is 2.85. The maximum Gasteiger partial charge on any atom is 0.163 e. The van der Waals surface area contributed by atoms with Gasteiger partial charge < -0.3 is 14.8 Å². The summed E-state index contributed by atoms with van der Waals surface area (Å²) in [5.74, 6) is 0.142. The highest BCUT2D eigenvalue weighted by Gasteiger charge is 2.22. The summed E-state index contributed by atoms with van der Waals surface area (Å²) >= 11 is 0. The Morgan fingerprint density at radius 1 is 1.00 bits per heavy atom. The van der Waals surface area contributed by atoms with Crippen molar-refractivity contribution < 1.29 is 18.3 Å². The van der Waals surface area contributed by atoms with Crippen LogP contribution in [0.4, 0.5) is 20.3 Å². The summed E-state index contributed by atoms with van der Waals surface area (Å²) in [4.78, 5) is 8.05. The van der Waals surface area contributed by atoms with E-state index in [9.17, 15) is 8.78 Å². The van der Waals surface area contributed by atoms with Gasteiger partial charge in [-0.15, -0.1) is 0 Å². The second kappa shape index (κ2) is 6.73. The lowest BCUT2D eigenvalue weighted by atomic mass is 10.1. The van der Waals surface area contributed by atoms with Crippen molar-refractivity contribution in [2.24, 2.45) is 0 Å². The average molecular weight is 394 g/mol. The number of aromatic nitrogens is 3. The molecular weight excluding hydrogens is 378 g/mol. The number of rotatable bonds is 3. The summed E-state index contributed by atoms with van der Waals surface area (Å²) in [7, 11) is 0. The molecule has 1 aromatic carbocycles. The van der Waals surface area contributed by atoms with E-state index in [2.05, 4.69) is 15.3 Å². The van der Waals surface area contributed by atoms with Crippen LogP contribution in [0.3, 0.4) is 0 Å². The van der Waals surface area contributed by atoms with Crippen LogP contribution in [0.1, 0.15) is 5.69 Å². The normalized spacial score (nSPS) is 12.9. The second-order valence-corrected chi connectivity index (χ2v) is 6.63. The fraction of sp³-hybridized carbons (Fsp3) is 0.143. The quantitative estimate of drug-likeness (QED) is 0.555. The predicted molar refractivity (Wildman–Crippen MR) is 104 cm³/mol. The fourth-order valence-corrected chi connectivity index (χ4v) is 3.44. The van der Waals surface area contributed by atoms with Gasteiger partial charge in [-0.3, -0.25) is 9.38 Å². The molecule has 4 aromatic rings. The van der Waals surface area contributed by atoms with Gasteiger partial charge in [-0.25, -0.2) is 13.8 Å². The van der Waals surface area contributed by atoms with Crippen molar-refractivity contribution in [2.75, 3.05) is 18.5 Å². The zero-order chi connectivity index (χ0) is 20.0. The molecule has 0 fully saturated rings. The topological polar surface area (TPSA) is 60.7 Å². The van der Waals surface area contributed by atoms with Crippen LogP contribution in [0.15, 0.2) is 48.8 Å². The van der Waals surface area contributed by atoms with E-state index < -0.39 is 11.6 Å². The second-order valence-electron chi connectivity index (χ2n) is 6.63. The monoisotopic (exact) mass is 394 g/mol. The van der Waals surface area contributed by atoms with Gasteiger partial charge in [-0.2, -0.15) is 0 Å². The zero-order valence-corrected chi connectivity index (χ0v) is 15.4. The van der Waals surface area contributed by atoms with Gasteiger partial charge >= 0.3 is 0 Å². The van der Waals surface area contributed by atoms with E-state index in [0.717, 1.165) is 18.1 Å². The molecule has 3 aromatic heterocycles. The number of hydrogen-bond acceptors (Lipinski definition) is 5. The first-order valence-electron chi connectivity index (χ1n) is 9.06. The van der Waals surface area contributed by atoms with Gasteiger partial charge in [0.25, 0.3) is 0 Å². The fourth-order valence-electron chi connectivity index (χ4n) is 3.44. The molecular formula is C21H16F2N4O2. The number of ether oxygens (including phenoxy) is 2. The van der Waals surface area contributed by atoms with Crippen molar-refractivity contribution in [3.8, 4) is 22.8 Å². The summed E-state index contributed by atoms with van der Waals surface area (Å²) in [5, 5.41) is 3.25. The van der Waals surface area contributed by atoms with E-state index in [1.54, 1.807) is 18.2 Å². The number of halogens is 2. The molecule has 5 rings (SSSR count). The standard InChI is InChI=1S/C21H16F2N4O2/c1-12-3-2-4-18-26-20(19-14(22)10-24-11-15(19)23)21(27(12)18)25-13-5-6-16-17(9-13)29-8-7-28-16/h2-6,9-11,25H,7-8H2,1H3. The molecule has 1 aliphatic rings. The van der Waals surface area contributed by atoms with E-state index >= 15 is 0 Å². The number of nitrogens with zero attached hydrogens (tertiary/aromatic N) is 3. The summed E-state index contributed by atoms with van der Waals surface area (Å²) < 4.78 is 42.0. The summed E-state index contributed by atoms with van der Waals surface area (Å²) in [6, 6.07) is 10.9. The number of aryl methyl sites for hydroxylation is 1. The number of imidazole rings is 1. The van der Waals surface area contributed by atoms with Gasteiger partial charge in [0.05, 0.1) is 18.0 Å². The number of benzene rings is 1. The van der Waals surface area contributed by atoms with E-state index in [1.165, 1.54) is 0 Å². The Hall–Kier alpha value is -3.68. The first kappa shape index (κ1) is 17.4. The zero-order valence-electron chi connectivity index (χ0n) is 15.4. The SMILES string of the molecule is Cc1cccc2nc(-c3c(F)cncc3F)c(Nc3ccc4c(c3)OCCO4)n12. The third-order valence-corrected chi connectivity index (χ3v) is 4.73. The molecule has 0 saturated heterocycles. The van der Waals surface area contributed by atoms with Crippen LogP contribution in [-0.4, -0.2) is 27.6 Å². The van der Waals surface area contributed by atoms with Crippen LogP contribution < -0.4 is 14.8 Å². The van der Waals surface area contributed by atoms with Gasteiger partial charge in [-0.05, 0) is 31.2 Å². The average Bonchev–Trinajstić information content (AvgIpc) is 3.07. The third-order valence-electron chi connectivity index (χ3n) is 4.73. The van der Waals surface area contributed by atoms with Gasteiger partial charge in [0.15, 0.2) is 23.1 Å².